The van der Waals surface area contributed by atoms with E-state index >= 15 is 0 Å². The summed E-state index contributed by atoms with van der Waals surface area (Å²) < 4.78 is 5.48. The molecule has 0 bridgehead atoms. The lowest BCUT2D eigenvalue weighted by molar-refractivity contribution is -0.120. The molecule has 1 fully saturated rings. The smallest absolute Gasteiger partial charge is 0.273 e. The fourth-order valence-corrected chi connectivity index (χ4v) is 3.66. The molecule has 0 aliphatic carbocycles. The van der Waals surface area contributed by atoms with Crippen LogP contribution in [0.1, 0.15) is 15.9 Å². The zero-order valence-corrected chi connectivity index (χ0v) is 15.5. The number of thioether (sulfide) groups is 1. The Balaban J connectivity index is 1.91. The Labute approximate surface area is 159 Å². The molecule has 0 atom stereocenters. The quantitative estimate of drug-likeness (QED) is 0.442. The lowest BCUT2D eigenvalue weighted by Crippen LogP contribution is -2.34. The van der Waals surface area contributed by atoms with Gasteiger partial charge in [-0.3, -0.25) is 9.59 Å². The van der Waals surface area contributed by atoms with E-state index in [0.717, 1.165) is 22.2 Å². The Morgan fingerprint density at radius 1 is 1.20 bits per heavy atom. The summed E-state index contributed by atoms with van der Waals surface area (Å²) in [5, 5.41) is 0.512. The maximum atomic E-state index is 12.7. The topological polar surface area (TPSA) is 46.6 Å². The minimum Gasteiger partial charge on any atom is -0.496 e. The van der Waals surface area contributed by atoms with Gasteiger partial charge in [-0.15, -0.1) is 0 Å². The number of imide groups is 1. The number of para-hydroxylation sites is 1. The van der Waals surface area contributed by atoms with Crippen LogP contribution in [0, 0.1) is 0 Å². The molecule has 25 heavy (non-hydrogen) atoms. The van der Waals surface area contributed by atoms with Crippen LogP contribution in [0.25, 0.3) is 6.08 Å². The van der Waals surface area contributed by atoms with Crippen LogP contribution >= 0.6 is 35.6 Å². The van der Waals surface area contributed by atoms with Crippen molar-refractivity contribution in [3.8, 4) is 5.75 Å². The molecule has 126 valence electrons. The Hall–Kier alpha value is -2.15. The molecule has 0 radical (unpaired) electrons. The lowest BCUT2D eigenvalue weighted by Gasteiger charge is -2.12. The van der Waals surface area contributed by atoms with Crippen molar-refractivity contribution >= 4 is 57.8 Å². The number of hydrogen-bond donors (Lipinski definition) is 0. The number of amides is 2. The molecule has 3 rings (SSSR count). The normalized spacial score (nSPS) is 15.8. The van der Waals surface area contributed by atoms with Crippen molar-refractivity contribution in [2.45, 2.75) is 0 Å². The average Bonchev–Trinajstić information content (AvgIpc) is 2.89. The first-order chi connectivity index (χ1) is 12.0. The standard InChI is InChI=1S/C18H12ClNO3S2/c1-23-14-5-3-2-4-12(14)10-15-17(22)20(18(24)25-15)16(21)11-6-8-13(19)9-7-11/h2-10H,1H3/b15-10+. The molecule has 1 saturated heterocycles. The molecule has 1 aliphatic heterocycles. The Morgan fingerprint density at radius 3 is 2.56 bits per heavy atom. The summed E-state index contributed by atoms with van der Waals surface area (Å²) >= 11 is 12.1. The fourth-order valence-electron chi connectivity index (χ4n) is 2.29. The van der Waals surface area contributed by atoms with Crippen LogP contribution in [0.15, 0.2) is 53.4 Å². The molecule has 1 heterocycles. The first-order valence-electron chi connectivity index (χ1n) is 7.22. The van der Waals surface area contributed by atoms with Gasteiger partial charge in [-0.05, 0) is 36.4 Å². The highest BCUT2D eigenvalue weighted by Crippen LogP contribution is 2.35. The number of methoxy groups -OCH3 is 1. The number of rotatable bonds is 3. The van der Waals surface area contributed by atoms with Gasteiger partial charge < -0.3 is 4.74 Å². The molecule has 1 aliphatic rings. The maximum Gasteiger partial charge on any atom is 0.273 e. The van der Waals surface area contributed by atoms with Crippen LogP contribution in [-0.2, 0) is 4.79 Å². The van der Waals surface area contributed by atoms with E-state index < -0.39 is 11.8 Å². The Kier molecular flexibility index (Phi) is 5.22. The Bertz CT molecular complexity index is 893. The molecular weight excluding hydrogens is 378 g/mol. The van der Waals surface area contributed by atoms with Crippen LogP contribution in [0.2, 0.25) is 5.02 Å². The van der Waals surface area contributed by atoms with Gasteiger partial charge in [0.2, 0.25) is 0 Å². The first-order valence-corrected chi connectivity index (χ1v) is 8.82. The summed E-state index contributed by atoms with van der Waals surface area (Å²) in [5.41, 5.74) is 1.09. The zero-order chi connectivity index (χ0) is 18.0. The molecule has 4 nitrogen and oxygen atoms in total. The third kappa shape index (κ3) is 3.61. The number of benzene rings is 2. The van der Waals surface area contributed by atoms with Crippen molar-refractivity contribution < 1.29 is 14.3 Å². The monoisotopic (exact) mass is 389 g/mol. The van der Waals surface area contributed by atoms with E-state index in [1.165, 1.54) is 0 Å². The summed E-state index contributed by atoms with van der Waals surface area (Å²) in [6.07, 6.45) is 1.67. The van der Waals surface area contributed by atoms with Gasteiger partial charge in [0.15, 0.2) is 4.32 Å². The second-order valence-corrected chi connectivity index (χ2v) is 7.18. The van der Waals surface area contributed by atoms with Crippen LogP contribution in [-0.4, -0.2) is 28.1 Å². The third-order valence-electron chi connectivity index (χ3n) is 3.51. The highest BCUT2D eigenvalue weighted by molar-refractivity contribution is 8.26. The molecule has 0 aromatic heterocycles. The number of halogens is 1. The summed E-state index contributed by atoms with van der Waals surface area (Å²) in [6.45, 7) is 0. The molecule has 0 saturated carbocycles. The van der Waals surface area contributed by atoms with E-state index in [1.54, 1.807) is 43.5 Å². The van der Waals surface area contributed by atoms with Gasteiger partial charge in [0.25, 0.3) is 11.8 Å². The predicted octanol–water partition coefficient (Wildman–Crippen LogP) is 4.39. The first kappa shape index (κ1) is 17.7. The van der Waals surface area contributed by atoms with Crippen molar-refractivity contribution in [3.05, 3.63) is 69.6 Å². The minimum atomic E-state index is -0.470. The van der Waals surface area contributed by atoms with E-state index in [4.69, 9.17) is 28.6 Å². The van der Waals surface area contributed by atoms with Crippen LogP contribution in [0.3, 0.4) is 0 Å². The average molecular weight is 390 g/mol. The zero-order valence-electron chi connectivity index (χ0n) is 13.1. The highest BCUT2D eigenvalue weighted by Gasteiger charge is 2.37. The van der Waals surface area contributed by atoms with Gasteiger partial charge in [0.05, 0.1) is 12.0 Å². The van der Waals surface area contributed by atoms with Gasteiger partial charge in [-0.25, -0.2) is 4.90 Å². The number of carbonyl (C=O) groups excluding carboxylic acids is 2. The van der Waals surface area contributed by atoms with E-state index in [1.807, 2.05) is 18.2 Å². The molecule has 0 unspecified atom stereocenters. The van der Waals surface area contributed by atoms with E-state index in [0.29, 0.717) is 21.2 Å². The van der Waals surface area contributed by atoms with Gasteiger partial charge in [0.1, 0.15) is 5.75 Å². The van der Waals surface area contributed by atoms with Gasteiger partial charge in [-0.2, -0.15) is 0 Å². The van der Waals surface area contributed by atoms with E-state index in [9.17, 15) is 9.59 Å². The number of carbonyl (C=O) groups is 2. The summed E-state index contributed by atoms with van der Waals surface area (Å²) in [4.78, 5) is 26.6. The molecular formula is C18H12ClNO3S2. The molecule has 2 amide bonds. The largest absolute Gasteiger partial charge is 0.496 e. The number of thiocarbonyl (C=S) groups is 1. The highest BCUT2D eigenvalue weighted by atomic mass is 35.5. The molecule has 0 spiro atoms. The van der Waals surface area contributed by atoms with E-state index in [-0.39, 0.29) is 4.32 Å². The third-order valence-corrected chi connectivity index (χ3v) is 5.07. The predicted molar refractivity (Wildman–Crippen MR) is 104 cm³/mol. The summed E-state index contributed by atoms with van der Waals surface area (Å²) in [7, 11) is 1.56. The summed E-state index contributed by atoms with van der Waals surface area (Å²) in [5.74, 6) is -0.278. The molecule has 7 heteroatoms. The van der Waals surface area contributed by atoms with E-state index in [2.05, 4.69) is 0 Å². The van der Waals surface area contributed by atoms with Crippen molar-refractivity contribution in [2.75, 3.05) is 7.11 Å². The second kappa shape index (κ2) is 7.39. The van der Waals surface area contributed by atoms with Crippen LogP contribution in [0.5, 0.6) is 5.75 Å². The number of nitrogens with zero attached hydrogens (tertiary/aromatic N) is 1. The van der Waals surface area contributed by atoms with Crippen molar-refractivity contribution in [1.29, 1.82) is 0 Å². The maximum absolute atomic E-state index is 12.7. The summed E-state index contributed by atoms with van der Waals surface area (Å²) in [6, 6.07) is 13.6. The second-order valence-electron chi connectivity index (χ2n) is 5.07. The molecule has 2 aromatic rings. The van der Waals surface area contributed by atoms with Gasteiger partial charge in [0, 0.05) is 16.1 Å². The van der Waals surface area contributed by atoms with Gasteiger partial charge in [-0.1, -0.05) is 53.8 Å². The molecule has 0 N–H and O–H groups in total. The van der Waals surface area contributed by atoms with Crippen molar-refractivity contribution in [1.82, 2.24) is 4.90 Å². The van der Waals surface area contributed by atoms with Crippen LogP contribution < -0.4 is 4.74 Å². The minimum absolute atomic E-state index is 0.200. The fraction of sp³-hybridized carbons (Fsp3) is 0.0556. The van der Waals surface area contributed by atoms with Crippen molar-refractivity contribution in [2.24, 2.45) is 0 Å². The lowest BCUT2D eigenvalue weighted by atomic mass is 10.1. The Morgan fingerprint density at radius 2 is 1.88 bits per heavy atom. The molecule has 2 aromatic carbocycles. The number of ether oxygens (including phenoxy) is 1. The SMILES string of the molecule is COc1ccccc1/C=C1/SC(=S)N(C(=O)c2ccc(Cl)cc2)C1=O. The van der Waals surface area contributed by atoms with Crippen LogP contribution in [0.4, 0.5) is 0 Å². The van der Waals surface area contributed by atoms with Crippen molar-refractivity contribution in [3.63, 3.8) is 0 Å². The number of hydrogen-bond acceptors (Lipinski definition) is 5. The van der Waals surface area contributed by atoms with Gasteiger partial charge >= 0.3 is 0 Å².